The van der Waals surface area contributed by atoms with Gasteiger partial charge in [-0.3, -0.25) is 4.79 Å². The Morgan fingerprint density at radius 2 is 1.46 bits per heavy atom. The van der Waals surface area contributed by atoms with Gasteiger partial charge in [0.05, 0.1) is 34.0 Å². The Balaban J connectivity index is 1.87. The van der Waals surface area contributed by atoms with Gasteiger partial charge < -0.3 is 28.8 Å². The molecule has 2 aromatic carbocycles. The molecule has 148 valence electrons. The zero-order valence-corrected chi connectivity index (χ0v) is 16.7. The molecule has 0 aliphatic rings. The molecule has 0 fully saturated rings. The number of methoxy groups -OCH3 is 4. The van der Waals surface area contributed by atoms with Gasteiger partial charge >= 0.3 is 0 Å². The largest absolute Gasteiger partial charge is 0.496 e. The van der Waals surface area contributed by atoms with Crippen molar-refractivity contribution in [3.05, 3.63) is 47.7 Å². The van der Waals surface area contributed by atoms with Crippen molar-refractivity contribution in [2.24, 2.45) is 7.05 Å². The summed E-state index contributed by atoms with van der Waals surface area (Å²) in [5.74, 6) is 2.43. The number of benzene rings is 2. The number of carbonyl (C=O) groups excluding carboxylic acids is 1. The van der Waals surface area contributed by atoms with Gasteiger partial charge in [-0.05, 0) is 35.9 Å². The van der Waals surface area contributed by atoms with Gasteiger partial charge in [-0.15, -0.1) is 0 Å². The van der Waals surface area contributed by atoms with Gasteiger partial charge in [0.2, 0.25) is 0 Å². The number of aryl methyl sites for hydroxylation is 1. The summed E-state index contributed by atoms with van der Waals surface area (Å²) in [4.78, 5) is 12.8. The van der Waals surface area contributed by atoms with E-state index in [0.29, 0.717) is 35.2 Å². The highest BCUT2D eigenvalue weighted by molar-refractivity contribution is 6.02. The summed E-state index contributed by atoms with van der Waals surface area (Å²) in [7, 11) is 8.20. The predicted molar refractivity (Wildman–Crippen MR) is 107 cm³/mol. The third kappa shape index (κ3) is 3.43. The van der Waals surface area contributed by atoms with E-state index in [9.17, 15) is 4.79 Å². The maximum absolute atomic E-state index is 12.8. The average Bonchev–Trinajstić information content (AvgIpc) is 3.08. The maximum atomic E-state index is 12.8. The summed E-state index contributed by atoms with van der Waals surface area (Å²) >= 11 is 0. The zero-order valence-electron chi connectivity index (χ0n) is 16.7. The average molecular weight is 384 g/mol. The van der Waals surface area contributed by atoms with Crippen molar-refractivity contribution < 1.29 is 23.7 Å². The van der Waals surface area contributed by atoms with E-state index in [-0.39, 0.29) is 5.91 Å². The van der Waals surface area contributed by atoms with Crippen molar-refractivity contribution >= 4 is 16.8 Å². The van der Waals surface area contributed by atoms with Crippen LogP contribution in [0.4, 0.5) is 0 Å². The monoisotopic (exact) mass is 384 g/mol. The summed E-state index contributed by atoms with van der Waals surface area (Å²) in [6.45, 7) is 0.356. The Morgan fingerprint density at radius 1 is 0.857 bits per heavy atom. The summed E-state index contributed by atoms with van der Waals surface area (Å²) in [5.41, 5.74) is 2.22. The normalized spacial score (nSPS) is 10.6. The summed E-state index contributed by atoms with van der Waals surface area (Å²) in [5, 5.41) is 3.76. The van der Waals surface area contributed by atoms with Crippen LogP contribution in [0.5, 0.6) is 23.0 Å². The Labute approximate surface area is 163 Å². The van der Waals surface area contributed by atoms with Gasteiger partial charge in [-0.25, -0.2) is 0 Å². The molecule has 0 aliphatic heterocycles. The first-order valence-electron chi connectivity index (χ1n) is 8.73. The molecule has 1 amide bonds. The van der Waals surface area contributed by atoms with E-state index in [0.717, 1.165) is 16.5 Å². The van der Waals surface area contributed by atoms with Crippen LogP contribution >= 0.6 is 0 Å². The highest BCUT2D eigenvalue weighted by Gasteiger charge is 2.19. The van der Waals surface area contributed by atoms with Crippen molar-refractivity contribution in [2.75, 3.05) is 28.4 Å². The van der Waals surface area contributed by atoms with Gasteiger partial charge in [0.15, 0.2) is 11.5 Å². The van der Waals surface area contributed by atoms with Crippen LogP contribution < -0.4 is 24.3 Å². The van der Waals surface area contributed by atoms with Crippen molar-refractivity contribution in [3.63, 3.8) is 0 Å². The van der Waals surface area contributed by atoms with Gasteiger partial charge in [0.25, 0.3) is 5.91 Å². The fourth-order valence-corrected chi connectivity index (χ4v) is 3.23. The van der Waals surface area contributed by atoms with E-state index in [1.54, 1.807) is 39.1 Å². The molecule has 28 heavy (non-hydrogen) atoms. The molecule has 0 saturated heterocycles. The third-order valence-electron chi connectivity index (χ3n) is 4.69. The number of rotatable bonds is 7. The number of fused-ring (bicyclic) bond motifs is 1. The van der Waals surface area contributed by atoms with E-state index < -0.39 is 0 Å². The minimum Gasteiger partial charge on any atom is -0.496 e. The number of nitrogens with one attached hydrogen (secondary N) is 1. The minimum absolute atomic E-state index is 0.197. The number of ether oxygens (including phenoxy) is 4. The Kier molecular flexibility index (Phi) is 5.63. The van der Waals surface area contributed by atoms with E-state index >= 15 is 0 Å². The number of nitrogens with zero attached hydrogens (tertiary/aromatic N) is 1. The molecule has 0 saturated carbocycles. The molecule has 3 rings (SSSR count). The Hall–Kier alpha value is -3.35. The van der Waals surface area contributed by atoms with Crippen molar-refractivity contribution in [1.29, 1.82) is 0 Å². The molecular weight excluding hydrogens is 360 g/mol. The molecule has 1 N–H and O–H groups in total. The predicted octanol–water partition coefficient (Wildman–Crippen LogP) is 3.14. The number of aromatic nitrogens is 1. The molecule has 0 aliphatic carbocycles. The van der Waals surface area contributed by atoms with E-state index in [4.69, 9.17) is 18.9 Å². The minimum atomic E-state index is -0.197. The summed E-state index contributed by atoms with van der Waals surface area (Å²) in [6.07, 6.45) is 0. The summed E-state index contributed by atoms with van der Waals surface area (Å²) < 4.78 is 23.2. The van der Waals surface area contributed by atoms with Crippen molar-refractivity contribution in [1.82, 2.24) is 9.88 Å². The second-order valence-electron chi connectivity index (χ2n) is 6.19. The molecule has 3 aromatic rings. The molecule has 0 unspecified atom stereocenters. The quantitative estimate of drug-likeness (QED) is 0.678. The van der Waals surface area contributed by atoms with Crippen LogP contribution in [0, 0.1) is 0 Å². The van der Waals surface area contributed by atoms with Crippen LogP contribution in [-0.2, 0) is 13.6 Å². The molecule has 0 atom stereocenters. The SMILES string of the molecule is COc1ccc(CNC(=O)c2cc3c(OC)ccc(OC)c3n2C)cc1OC. The van der Waals surface area contributed by atoms with Crippen molar-refractivity contribution in [3.8, 4) is 23.0 Å². The maximum Gasteiger partial charge on any atom is 0.268 e. The highest BCUT2D eigenvalue weighted by Crippen LogP contribution is 2.35. The lowest BCUT2D eigenvalue weighted by Gasteiger charge is -2.11. The molecule has 0 bridgehead atoms. The first kappa shape index (κ1) is 19.4. The van der Waals surface area contributed by atoms with Gasteiger partial charge in [0.1, 0.15) is 17.2 Å². The van der Waals surface area contributed by atoms with Gasteiger partial charge in [-0.1, -0.05) is 6.07 Å². The first-order chi connectivity index (χ1) is 13.5. The molecule has 7 heteroatoms. The third-order valence-corrected chi connectivity index (χ3v) is 4.69. The fourth-order valence-electron chi connectivity index (χ4n) is 3.23. The van der Waals surface area contributed by atoms with E-state index in [1.165, 1.54) is 0 Å². The molecule has 0 radical (unpaired) electrons. The van der Waals surface area contributed by atoms with Crippen LogP contribution in [-0.4, -0.2) is 38.9 Å². The molecular formula is C21H24N2O5. The Bertz CT molecular complexity index is 1010. The van der Waals surface area contributed by atoms with Gasteiger partial charge in [0, 0.05) is 19.0 Å². The number of amides is 1. The smallest absolute Gasteiger partial charge is 0.268 e. The van der Waals surface area contributed by atoms with Crippen LogP contribution in [0.15, 0.2) is 36.4 Å². The second-order valence-corrected chi connectivity index (χ2v) is 6.19. The molecule has 1 heterocycles. The fraction of sp³-hybridized carbons (Fsp3) is 0.286. The molecule has 0 spiro atoms. The highest BCUT2D eigenvalue weighted by atomic mass is 16.5. The molecule has 7 nitrogen and oxygen atoms in total. The standard InChI is InChI=1S/C21H24N2O5/c1-23-15(11-14-16(25-2)8-9-18(27-4)20(14)23)21(24)22-12-13-6-7-17(26-3)19(10-13)28-5/h6-11H,12H2,1-5H3,(H,22,24). The number of carbonyl (C=O) groups is 1. The van der Waals surface area contributed by atoms with Crippen LogP contribution in [0.1, 0.15) is 16.1 Å². The van der Waals surface area contributed by atoms with Crippen LogP contribution in [0.25, 0.3) is 10.9 Å². The lowest BCUT2D eigenvalue weighted by Crippen LogP contribution is -2.24. The van der Waals surface area contributed by atoms with Gasteiger partial charge in [-0.2, -0.15) is 0 Å². The summed E-state index contributed by atoms with van der Waals surface area (Å²) in [6, 6.07) is 11.0. The number of hydrogen-bond acceptors (Lipinski definition) is 5. The lowest BCUT2D eigenvalue weighted by molar-refractivity contribution is 0.0943. The number of hydrogen-bond donors (Lipinski definition) is 1. The second kappa shape index (κ2) is 8.12. The van der Waals surface area contributed by atoms with Crippen molar-refractivity contribution in [2.45, 2.75) is 6.54 Å². The van der Waals surface area contributed by atoms with E-state index in [1.807, 2.05) is 37.4 Å². The zero-order chi connectivity index (χ0) is 20.3. The van der Waals surface area contributed by atoms with Crippen LogP contribution in [0.3, 0.4) is 0 Å². The van der Waals surface area contributed by atoms with E-state index in [2.05, 4.69) is 5.32 Å². The molecule has 1 aromatic heterocycles. The Morgan fingerprint density at radius 3 is 2.11 bits per heavy atom. The first-order valence-corrected chi connectivity index (χ1v) is 8.73. The van der Waals surface area contributed by atoms with Crippen LogP contribution in [0.2, 0.25) is 0 Å². The lowest BCUT2D eigenvalue weighted by atomic mass is 10.2. The topological polar surface area (TPSA) is 71.0 Å².